The third kappa shape index (κ3) is 6.01. The summed E-state index contributed by atoms with van der Waals surface area (Å²) in [5, 5.41) is 3.41. The third-order valence-corrected chi connectivity index (χ3v) is 7.22. The summed E-state index contributed by atoms with van der Waals surface area (Å²) < 4.78 is 0. The first kappa shape index (κ1) is 28.5. The summed E-state index contributed by atoms with van der Waals surface area (Å²) in [4.78, 5) is 62.3. The van der Waals surface area contributed by atoms with Gasteiger partial charge in [-0.25, -0.2) is 0 Å². The fourth-order valence-corrected chi connectivity index (χ4v) is 4.94. The molecule has 1 unspecified atom stereocenters. The first-order valence-electron chi connectivity index (χ1n) is 13.2. The number of ketones is 1. The van der Waals surface area contributed by atoms with Gasteiger partial charge in [0.05, 0.1) is 11.3 Å². The number of pyridine rings is 1. The van der Waals surface area contributed by atoms with E-state index in [1.807, 2.05) is 31.1 Å². The molecule has 1 atom stereocenters. The summed E-state index contributed by atoms with van der Waals surface area (Å²) in [5.41, 5.74) is 3.30. The van der Waals surface area contributed by atoms with E-state index in [0.717, 1.165) is 10.6 Å². The molecular formula is C32H28ClN5O4. The number of rotatable bonds is 9. The monoisotopic (exact) mass is 581 g/mol. The van der Waals surface area contributed by atoms with Gasteiger partial charge in [0.1, 0.15) is 12.6 Å². The van der Waals surface area contributed by atoms with Gasteiger partial charge in [0, 0.05) is 49.4 Å². The van der Waals surface area contributed by atoms with Crippen LogP contribution in [0.1, 0.15) is 27.5 Å². The fourth-order valence-electron chi connectivity index (χ4n) is 4.81. The van der Waals surface area contributed by atoms with E-state index in [9.17, 15) is 19.2 Å². The van der Waals surface area contributed by atoms with Crippen molar-refractivity contribution in [2.45, 2.75) is 12.6 Å². The number of fused-ring (bicyclic) bond motifs is 1. The lowest BCUT2D eigenvalue weighted by Gasteiger charge is -2.33. The Labute approximate surface area is 248 Å². The van der Waals surface area contributed by atoms with Gasteiger partial charge < -0.3 is 15.1 Å². The van der Waals surface area contributed by atoms with Crippen LogP contribution in [0.2, 0.25) is 5.02 Å². The van der Waals surface area contributed by atoms with Gasteiger partial charge in [-0.05, 0) is 65.7 Å². The van der Waals surface area contributed by atoms with Crippen molar-refractivity contribution < 1.29 is 19.2 Å². The number of Topliss-reactive ketones (excluding diaryl/α,β-unsaturated/α-hetero) is 1. The summed E-state index contributed by atoms with van der Waals surface area (Å²) in [6, 6.07) is 22.9. The standard InChI is InChI=1S/C32H28ClN5O4/c1-36(2)25-15-13-24(14-16-25)35-31(41)29(22-9-11-23(33)12-10-22)38(19-21-6-5-17-34-18-21)28(39)20-37-27-8-4-3-7-26(27)30(40)32(37)42/h3-18,29H,19-20H2,1-2H3,(H,35,41). The van der Waals surface area contributed by atoms with Gasteiger partial charge in [-0.3, -0.25) is 29.1 Å². The average Bonchev–Trinajstić information content (AvgIpc) is 3.23. The zero-order valence-electron chi connectivity index (χ0n) is 23.0. The number of para-hydroxylation sites is 1. The highest BCUT2D eigenvalue weighted by molar-refractivity contribution is 6.52. The summed E-state index contributed by atoms with van der Waals surface area (Å²) in [6.45, 7) is -0.415. The van der Waals surface area contributed by atoms with Crippen molar-refractivity contribution >= 4 is 52.2 Å². The van der Waals surface area contributed by atoms with Crippen molar-refractivity contribution in [2.75, 3.05) is 35.8 Å². The molecule has 1 N–H and O–H groups in total. The fraction of sp³-hybridized carbons (Fsp3) is 0.156. The van der Waals surface area contributed by atoms with Gasteiger partial charge in [0.2, 0.25) is 5.91 Å². The molecule has 9 nitrogen and oxygen atoms in total. The molecule has 3 amide bonds. The smallest absolute Gasteiger partial charge is 0.299 e. The number of hydrogen-bond acceptors (Lipinski definition) is 6. The minimum absolute atomic E-state index is 0.0184. The van der Waals surface area contributed by atoms with Crippen LogP contribution in [0, 0.1) is 0 Å². The first-order valence-corrected chi connectivity index (χ1v) is 13.6. The molecule has 3 aromatic carbocycles. The molecule has 0 aliphatic carbocycles. The molecule has 10 heteroatoms. The molecule has 5 rings (SSSR count). The van der Waals surface area contributed by atoms with E-state index in [2.05, 4.69) is 10.3 Å². The molecule has 4 aromatic rings. The molecule has 0 bridgehead atoms. The topological polar surface area (TPSA) is 103 Å². The lowest BCUT2D eigenvalue weighted by Crippen LogP contribution is -2.46. The third-order valence-electron chi connectivity index (χ3n) is 6.97. The van der Waals surface area contributed by atoms with E-state index in [1.54, 1.807) is 85.2 Å². The Kier molecular flexibility index (Phi) is 8.31. The molecule has 2 heterocycles. The predicted molar refractivity (Wildman–Crippen MR) is 162 cm³/mol. The number of amides is 3. The molecule has 42 heavy (non-hydrogen) atoms. The molecule has 0 fully saturated rings. The SMILES string of the molecule is CN(C)c1ccc(NC(=O)C(c2ccc(Cl)cc2)N(Cc2cccnc2)C(=O)CN2C(=O)C(=O)c3ccccc32)cc1. The number of aromatic nitrogens is 1. The zero-order chi connectivity index (χ0) is 29.8. The first-order chi connectivity index (χ1) is 20.2. The van der Waals surface area contributed by atoms with Crippen LogP contribution in [-0.4, -0.2) is 54.0 Å². The van der Waals surface area contributed by atoms with Crippen molar-refractivity contribution in [2.24, 2.45) is 0 Å². The highest BCUT2D eigenvalue weighted by atomic mass is 35.5. The second kappa shape index (κ2) is 12.2. The second-order valence-corrected chi connectivity index (χ2v) is 10.4. The van der Waals surface area contributed by atoms with Crippen LogP contribution in [0.25, 0.3) is 0 Å². The van der Waals surface area contributed by atoms with Crippen LogP contribution < -0.4 is 15.1 Å². The molecule has 1 aliphatic heterocycles. The summed E-state index contributed by atoms with van der Waals surface area (Å²) in [7, 11) is 3.84. The lowest BCUT2D eigenvalue weighted by molar-refractivity contribution is -0.139. The number of nitrogens with zero attached hydrogens (tertiary/aromatic N) is 4. The molecular weight excluding hydrogens is 554 g/mol. The Morgan fingerprint density at radius 1 is 0.929 bits per heavy atom. The van der Waals surface area contributed by atoms with Crippen molar-refractivity contribution in [3.63, 3.8) is 0 Å². The summed E-state index contributed by atoms with van der Waals surface area (Å²) >= 11 is 6.16. The Morgan fingerprint density at radius 3 is 2.31 bits per heavy atom. The van der Waals surface area contributed by atoms with Crippen LogP contribution in [0.15, 0.2) is 97.3 Å². The van der Waals surface area contributed by atoms with Crippen molar-refractivity contribution in [3.05, 3.63) is 119 Å². The van der Waals surface area contributed by atoms with Gasteiger partial charge in [-0.1, -0.05) is 41.9 Å². The van der Waals surface area contributed by atoms with E-state index in [4.69, 9.17) is 11.6 Å². The molecule has 0 radical (unpaired) electrons. The quantitative estimate of drug-likeness (QED) is 0.287. The maximum atomic E-state index is 14.1. The minimum atomic E-state index is -1.10. The van der Waals surface area contributed by atoms with E-state index in [0.29, 0.717) is 27.5 Å². The van der Waals surface area contributed by atoms with Gasteiger partial charge >= 0.3 is 0 Å². The minimum Gasteiger partial charge on any atom is -0.378 e. The Balaban J connectivity index is 1.52. The van der Waals surface area contributed by atoms with E-state index >= 15 is 0 Å². The van der Waals surface area contributed by atoms with Crippen molar-refractivity contribution in [1.82, 2.24) is 9.88 Å². The molecule has 0 saturated heterocycles. The zero-order valence-corrected chi connectivity index (χ0v) is 23.8. The van der Waals surface area contributed by atoms with Crippen LogP contribution in [0.4, 0.5) is 17.1 Å². The van der Waals surface area contributed by atoms with E-state index in [-0.39, 0.29) is 12.1 Å². The predicted octanol–water partition coefficient (Wildman–Crippen LogP) is 4.74. The average molecular weight is 582 g/mol. The number of benzene rings is 3. The number of halogens is 1. The van der Waals surface area contributed by atoms with Crippen LogP contribution in [-0.2, 0) is 20.9 Å². The van der Waals surface area contributed by atoms with Gasteiger partial charge in [0.25, 0.3) is 17.6 Å². The summed E-state index contributed by atoms with van der Waals surface area (Å²) in [6.07, 6.45) is 3.22. The van der Waals surface area contributed by atoms with E-state index < -0.39 is 36.1 Å². The van der Waals surface area contributed by atoms with Gasteiger partial charge in [-0.2, -0.15) is 0 Å². The molecule has 0 saturated carbocycles. The normalized spacial score (nSPS) is 13.0. The Hall–Kier alpha value is -5.02. The number of anilines is 3. The van der Waals surface area contributed by atoms with Crippen LogP contribution in [0.5, 0.6) is 0 Å². The second-order valence-electron chi connectivity index (χ2n) is 10.0. The number of hydrogen-bond donors (Lipinski definition) is 1. The Bertz CT molecular complexity index is 1630. The van der Waals surface area contributed by atoms with Gasteiger partial charge in [0.15, 0.2) is 0 Å². The van der Waals surface area contributed by atoms with Crippen LogP contribution in [0.3, 0.4) is 0 Å². The maximum Gasteiger partial charge on any atom is 0.299 e. The number of nitrogens with one attached hydrogen (secondary N) is 1. The molecule has 1 aromatic heterocycles. The summed E-state index contributed by atoms with van der Waals surface area (Å²) in [5.74, 6) is -2.46. The van der Waals surface area contributed by atoms with E-state index in [1.165, 1.54) is 4.90 Å². The largest absolute Gasteiger partial charge is 0.378 e. The van der Waals surface area contributed by atoms with Crippen molar-refractivity contribution in [3.8, 4) is 0 Å². The molecule has 1 aliphatic rings. The lowest BCUT2D eigenvalue weighted by atomic mass is 10.0. The molecule has 212 valence electrons. The highest BCUT2D eigenvalue weighted by Gasteiger charge is 2.39. The maximum absolute atomic E-state index is 14.1. The number of carbonyl (C=O) groups is 4. The number of carbonyl (C=O) groups excluding carboxylic acids is 4. The van der Waals surface area contributed by atoms with Crippen molar-refractivity contribution in [1.29, 1.82) is 0 Å². The van der Waals surface area contributed by atoms with Crippen LogP contribution >= 0.6 is 11.6 Å². The molecule has 0 spiro atoms. The highest BCUT2D eigenvalue weighted by Crippen LogP contribution is 2.31. The van der Waals surface area contributed by atoms with Gasteiger partial charge in [-0.15, -0.1) is 0 Å². The Morgan fingerprint density at radius 2 is 1.64 bits per heavy atom.